The second-order valence-corrected chi connectivity index (χ2v) is 5.11. The standard InChI is InChI=1S/C14H17N3O3/c1-15-13(18)10-8-17(11-4-7-20-12(10)11)14(19)9-2-5-16-6-3-9/h2-3,5-6,10-12H,4,7-8H2,1H3,(H,15,18)/t10-,11+,12+/m0/s1. The average Bonchev–Trinajstić information content (AvgIpc) is 3.08. The molecule has 1 aromatic heterocycles. The van der Waals surface area contributed by atoms with Crippen LogP contribution in [0.4, 0.5) is 0 Å². The quantitative estimate of drug-likeness (QED) is 0.828. The van der Waals surface area contributed by atoms with Gasteiger partial charge in [-0.25, -0.2) is 0 Å². The number of hydrogen-bond donors (Lipinski definition) is 1. The zero-order valence-corrected chi connectivity index (χ0v) is 11.3. The van der Waals surface area contributed by atoms with Gasteiger partial charge in [-0.05, 0) is 18.6 Å². The summed E-state index contributed by atoms with van der Waals surface area (Å²) in [6.45, 7) is 1.01. The number of amides is 2. The van der Waals surface area contributed by atoms with E-state index in [1.807, 2.05) is 0 Å². The molecule has 0 saturated carbocycles. The SMILES string of the molecule is CNC(=O)[C@H]1CN(C(=O)c2ccncc2)[C@@H]2CCO[C@H]12. The van der Waals surface area contributed by atoms with Gasteiger partial charge in [0, 0.05) is 38.2 Å². The van der Waals surface area contributed by atoms with E-state index >= 15 is 0 Å². The van der Waals surface area contributed by atoms with Crippen molar-refractivity contribution in [2.75, 3.05) is 20.2 Å². The van der Waals surface area contributed by atoms with E-state index in [0.29, 0.717) is 18.7 Å². The Kier molecular flexibility index (Phi) is 3.40. The van der Waals surface area contributed by atoms with Crippen LogP contribution in [0.25, 0.3) is 0 Å². The fourth-order valence-corrected chi connectivity index (χ4v) is 3.08. The molecule has 0 unspecified atom stereocenters. The van der Waals surface area contributed by atoms with Crippen molar-refractivity contribution in [3.8, 4) is 0 Å². The van der Waals surface area contributed by atoms with Crippen molar-refractivity contribution in [3.63, 3.8) is 0 Å². The van der Waals surface area contributed by atoms with Crippen molar-refractivity contribution in [3.05, 3.63) is 30.1 Å². The minimum atomic E-state index is -0.279. The van der Waals surface area contributed by atoms with Gasteiger partial charge in [-0.15, -0.1) is 0 Å². The Morgan fingerprint density at radius 1 is 1.40 bits per heavy atom. The second-order valence-electron chi connectivity index (χ2n) is 5.11. The number of nitrogens with one attached hydrogen (secondary N) is 1. The fraction of sp³-hybridized carbons (Fsp3) is 0.500. The average molecular weight is 275 g/mol. The van der Waals surface area contributed by atoms with Crippen LogP contribution < -0.4 is 5.32 Å². The van der Waals surface area contributed by atoms with Crippen molar-refractivity contribution in [2.24, 2.45) is 5.92 Å². The highest BCUT2D eigenvalue weighted by Crippen LogP contribution is 2.34. The molecule has 0 radical (unpaired) electrons. The molecule has 6 heteroatoms. The molecule has 1 N–H and O–H groups in total. The lowest BCUT2D eigenvalue weighted by Crippen LogP contribution is -2.37. The molecule has 6 nitrogen and oxygen atoms in total. The predicted octanol–water partition coefficient (Wildman–Crippen LogP) is 0.0571. The predicted molar refractivity (Wildman–Crippen MR) is 71.0 cm³/mol. The molecule has 2 aliphatic rings. The van der Waals surface area contributed by atoms with Crippen LogP contribution in [0.1, 0.15) is 16.8 Å². The summed E-state index contributed by atoms with van der Waals surface area (Å²) in [6, 6.07) is 3.39. The van der Waals surface area contributed by atoms with Crippen LogP contribution in [0.2, 0.25) is 0 Å². The molecule has 20 heavy (non-hydrogen) atoms. The van der Waals surface area contributed by atoms with Crippen LogP contribution >= 0.6 is 0 Å². The monoisotopic (exact) mass is 275 g/mol. The van der Waals surface area contributed by atoms with Crippen molar-refractivity contribution >= 4 is 11.8 Å². The van der Waals surface area contributed by atoms with Crippen LogP contribution in [0.15, 0.2) is 24.5 Å². The highest BCUT2D eigenvalue weighted by Gasteiger charge is 2.50. The second kappa shape index (κ2) is 5.20. The molecule has 1 aromatic rings. The van der Waals surface area contributed by atoms with Gasteiger partial charge in [0.2, 0.25) is 5.91 Å². The Morgan fingerprint density at radius 3 is 2.85 bits per heavy atom. The molecule has 0 spiro atoms. The summed E-state index contributed by atoms with van der Waals surface area (Å²) in [5.41, 5.74) is 0.600. The number of hydrogen-bond acceptors (Lipinski definition) is 4. The third-order valence-electron chi connectivity index (χ3n) is 4.06. The number of ether oxygens (including phenoxy) is 1. The number of carbonyl (C=O) groups excluding carboxylic acids is 2. The topological polar surface area (TPSA) is 71.5 Å². The van der Waals surface area contributed by atoms with Crippen LogP contribution in [0.5, 0.6) is 0 Å². The van der Waals surface area contributed by atoms with Gasteiger partial charge < -0.3 is 15.0 Å². The molecule has 2 fully saturated rings. The number of nitrogens with zero attached hydrogens (tertiary/aromatic N) is 2. The molecule has 3 rings (SSSR count). The van der Waals surface area contributed by atoms with Crippen molar-refractivity contribution < 1.29 is 14.3 Å². The first kappa shape index (κ1) is 13.1. The molecule has 2 aliphatic heterocycles. The highest BCUT2D eigenvalue weighted by atomic mass is 16.5. The van der Waals surface area contributed by atoms with Gasteiger partial charge in [-0.3, -0.25) is 14.6 Å². The van der Waals surface area contributed by atoms with Gasteiger partial charge in [0.1, 0.15) is 0 Å². The number of aromatic nitrogens is 1. The van der Waals surface area contributed by atoms with Crippen LogP contribution in [-0.2, 0) is 9.53 Å². The van der Waals surface area contributed by atoms with E-state index in [9.17, 15) is 9.59 Å². The molecule has 3 heterocycles. The number of rotatable bonds is 2. The minimum Gasteiger partial charge on any atom is -0.375 e. The Hall–Kier alpha value is -1.95. The summed E-state index contributed by atoms with van der Waals surface area (Å²) >= 11 is 0. The maximum absolute atomic E-state index is 12.6. The van der Waals surface area contributed by atoms with Gasteiger partial charge in [0.05, 0.1) is 18.1 Å². The van der Waals surface area contributed by atoms with Gasteiger partial charge in [-0.2, -0.15) is 0 Å². The number of carbonyl (C=O) groups is 2. The van der Waals surface area contributed by atoms with Crippen LogP contribution in [-0.4, -0.2) is 54.0 Å². The Morgan fingerprint density at radius 2 is 2.15 bits per heavy atom. The highest BCUT2D eigenvalue weighted by molar-refractivity contribution is 5.95. The molecule has 106 valence electrons. The van der Waals surface area contributed by atoms with Crippen molar-refractivity contribution in [1.29, 1.82) is 0 Å². The number of fused-ring (bicyclic) bond motifs is 1. The van der Waals surface area contributed by atoms with E-state index in [0.717, 1.165) is 6.42 Å². The van der Waals surface area contributed by atoms with Gasteiger partial charge in [0.15, 0.2) is 0 Å². The van der Waals surface area contributed by atoms with E-state index in [4.69, 9.17) is 4.74 Å². The van der Waals surface area contributed by atoms with E-state index in [2.05, 4.69) is 10.3 Å². The fourth-order valence-electron chi connectivity index (χ4n) is 3.08. The Balaban J connectivity index is 1.84. The molecular weight excluding hydrogens is 258 g/mol. The molecule has 0 aliphatic carbocycles. The van der Waals surface area contributed by atoms with Crippen LogP contribution in [0.3, 0.4) is 0 Å². The maximum atomic E-state index is 12.6. The summed E-state index contributed by atoms with van der Waals surface area (Å²) in [6.07, 6.45) is 3.81. The Bertz CT molecular complexity index is 520. The van der Waals surface area contributed by atoms with E-state index < -0.39 is 0 Å². The molecular formula is C14H17N3O3. The van der Waals surface area contributed by atoms with Crippen LogP contribution in [0, 0.1) is 5.92 Å². The molecule has 3 atom stereocenters. The number of pyridine rings is 1. The summed E-state index contributed by atoms with van der Waals surface area (Å²) in [5.74, 6) is -0.399. The lowest BCUT2D eigenvalue weighted by molar-refractivity contribution is -0.127. The lowest BCUT2D eigenvalue weighted by atomic mass is 10.0. The van der Waals surface area contributed by atoms with Gasteiger partial charge in [-0.1, -0.05) is 0 Å². The lowest BCUT2D eigenvalue weighted by Gasteiger charge is -2.22. The summed E-state index contributed by atoms with van der Waals surface area (Å²) < 4.78 is 5.66. The number of likely N-dealkylation sites (tertiary alicyclic amines) is 1. The smallest absolute Gasteiger partial charge is 0.254 e. The third-order valence-corrected chi connectivity index (χ3v) is 4.06. The Labute approximate surface area is 117 Å². The van der Waals surface area contributed by atoms with E-state index in [-0.39, 0.29) is 29.9 Å². The maximum Gasteiger partial charge on any atom is 0.254 e. The molecule has 2 amide bonds. The van der Waals surface area contributed by atoms with E-state index in [1.165, 1.54) is 0 Å². The summed E-state index contributed by atoms with van der Waals surface area (Å²) in [5, 5.41) is 2.65. The van der Waals surface area contributed by atoms with Gasteiger partial charge in [0.25, 0.3) is 5.91 Å². The summed E-state index contributed by atoms with van der Waals surface area (Å²) in [4.78, 5) is 30.2. The first-order chi connectivity index (χ1) is 9.72. The van der Waals surface area contributed by atoms with Crippen molar-refractivity contribution in [2.45, 2.75) is 18.6 Å². The van der Waals surface area contributed by atoms with E-state index in [1.54, 1.807) is 36.5 Å². The zero-order chi connectivity index (χ0) is 14.1. The third kappa shape index (κ3) is 2.06. The van der Waals surface area contributed by atoms with Crippen molar-refractivity contribution in [1.82, 2.24) is 15.2 Å². The molecule has 0 bridgehead atoms. The molecule has 2 saturated heterocycles. The van der Waals surface area contributed by atoms with Gasteiger partial charge >= 0.3 is 0 Å². The molecule has 0 aromatic carbocycles. The first-order valence-corrected chi connectivity index (χ1v) is 6.76. The largest absolute Gasteiger partial charge is 0.375 e. The minimum absolute atomic E-state index is 0.00188. The first-order valence-electron chi connectivity index (χ1n) is 6.76. The normalized spacial score (nSPS) is 28.2. The summed E-state index contributed by atoms with van der Waals surface area (Å²) in [7, 11) is 1.61. The zero-order valence-electron chi connectivity index (χ0n) is 11.3.